The number of carboxylic acid groups (broad SMARTS) is 1. The first kappa shape index (κ1) is 35.3. The summed E-state index contributed by atoms with van der Waals surface area (Å²) in [7, 11) is 0. The third-order valence-electron chi connectivity index (χ3n) is 7.66. The number of ether oxygens (including phenoxy) is 2. The molecule has 1 aromatic heterocycles. The Morgan fingerprint density at radius 3 is 2.30 bits per heavy atom. The molecular weight excluding hydrogens is 638 g/mol. The van der Waals surface area contributed by atoms with Gasteiger partial charge in [0, 0.05) is 18.8 Å². The molecular formula is C31H32F6N4O6. The van der Waals surface area contributed by atoms with E-state index >= 15 is 0 Å². The van der Waals surface area contributed by atoms with Crippen LogP contribution < -0.4 is 15.4 Å². The van der Waals surface area contributed by atoms with Crippen LogP contribution >= 0.6 is 0 Å². The lowest BCUT2D eigenvalue weighted by Crippen LogP contribution is -2.61. The van der Waals surface area contributed by atoms with Crippen molar-refractivity contribution in [1.29, 1.82) is 0 Å². The van der Waals surface area contributed by atoms with Crippen molar-refractivity contribution in [3.63, 3.8) is 0 Å². The number of phenols is 1. The van der Waals surface area contributed by atoms with Crippen LogP contribution in [0.25, 0.3) is 0 Å². The van der Waals surface area contributed by atoms with Gasteiger partial charge in [-0.1, -0.05) is 6.92 Å². The van der Waals surface area contributed by atoms with Gasteiger partial charge in [0.2, 0.25) is 0 Å². The molecule has 0 saturated heterocycles. The predicted molar refractivity (Wildman–Crippen MR) is 155 cm³/mol. The second-order valence-corrected chi connectivity index (χ2v) is 11.0. The van der Waals surface area contributed by atoms with E-state index in [4.69, 9.17) is 20.3 Å². The fraction of sp³-hybridized carbons (Fsp3) is 0.419. The summed E-state index contributed by atoms with van der Waals surface area (Å²) in [6.07, 6.45) is -10.2. The molecule has 47 heavy (non-hydrogen) atoms. The van der Waals surface area contributed by atoms with Crippen LogP contribution in [0.3, 0.4) is 0 Å². The highest BCUT2D eigenvalue weighted by molar-refractivity contribution is 5.91. The van der Waals surface area contributed by atoms with Gasteiger partial charge < -0.3 is 25.4 Å². The Hall–Kier alpha value is -4.60. The Balaban J connectivity index is 1.85. The summed E-state index contributed by atoms with van der Waals surface area (Å²) in [6.45, 7) is 3.25. The summed E-state index contributed by atoms with van der Waals surface area (Å²) in [5.41, 5.74) is 2.59. The fourth-order valence-corrected chi connectivity index (χ4v) is 5.38. The summed E-state index contributed by atoms with van der Waals surface area (Å²) < 4.78 is 92.6. The van der Waals surface area contributed by atoms with Gasteiger partial charge in [-0.3, -0.25) is 9.69 Å². The van der Waals surface area contributed by atoms with Crippen LogP contribution in [0.5, 0.6) is 11.5 Å². The number of nitrogens with two attached hydrogens (primary N) is 1. The van der Waals surface area contributed by atoms with Crippen molar-refractivity contribution in [2.45, 2.75) is 69.9 Å². The van der Waals surface area contributed by atoms with E-state index < -0.39 is 53.5 Å². The standard InChI is InChI=1S/C31H32F6N4O6/c1-3-29(38)15-22(21-14-20(42)7-8-24(21)41(29)28(45)46-4-2)27-39-16-25(47-9-5-6-26(43)44)23(40-27)12-17-10-18(30(32,33)34)13-19(11-17)31(35,36)37/h7-8,10-11,13-14,16,22,42H,3-6,9,12,15,38H2,1-2H3,(H,43,44)/t22-,29+/m0/s1. The van der Waals surface area contributed by atoms with E-state index in [1.165, 1.54) is 29.3 Å². The second-order valence-electron chi connectivity index (χ2n) is 11.0. The zero-order valence-electron chi connectivity index (χ0n) is 25.3. The van der Waals surface area contributed by atoms with Gasteiger partial charge >= 0.3 is 24.4 Å². The number of phenolic OH excluding ortho intramolecular Hbond substituents is 1. The first-order chi connectivity index (χ1) is 22.0. The smallest absolute Gasteiger partial charge is 0.416 e. The summed E-state index contributed by atoms with van der Waals surface area (Å²) in [6, 6.07) is 5.37. The summed E-state index contributed by atoms with van der Waals surface area (Å²) >= 11 is 0. The molecule has 3 aromatic rings. The van der Waals surface area contributed by atoms with Gasteiger partial charge in [-0.25, -0.2) is 14.8 Å². The SMILES string of the molecule is CCOC(=O)N1c2ccc(O)cc2[C@@H](c2ncc(OCCCC(=O)O)c(Cc3cc(C(F)(F)F)cc(C(F)(F)F)c3)n2)C[C@@]1(N)CC. The first-order valence-electron chi connectivity index (χ1n) is 14.5. The Labute approximate surface area is 265 Å². The number of hydrogen-bond acceptors (Lipinski definition) is 8. The van der Waals surface area contributed by atoms with Crippen LogP contribution in [0.4, 0.5) is 36.8 Å². The van der Waals surface area contributed by atoms with Crippen LogP contribution in [-0.2, 0) is 28.3 Å². The first-order valence-corrected chi connectivity index (χ1v) is 14.5. The third kappa shape index (κ3) is 8.04. The maximum atomic E-state index is 13.6. The minimum atomic E-state index is -5.08. The number of nitrogens with zero attached hydrogens (tertiary/aromatic N) is 3. The molecule has 0 unspecified atom stereocenters. The summed E-state index contributed by atoms with van der Waals surface area (Å²) in [5.74, 6) is -2.11. The average molecular weight is 671 g/mol. The number of rotatable bonds is 10. The summed E-state index contributed by atoms with van der Waals surface area (Å²) in [4.78, 5) is 34.2. The molecule has 0 saturated carbocycles. The second kappa shape index (κ2) is 13.6. The minimum absolute atomic E-state index is 0.00119. The molecule has 4 rings (SSSR count). The van der Waals surface area contributed by atoms with E-state index in [1.807, 2.05) is 0 Å². The number of carbonyl (C=O) groups excluding carboxylic acids is 1. The number of aliphatic carboxylic acids is 1. The minimum Gasteiger partial charge on any atom is -0.508 e. The number of alkyl halides is 6. The third-order valence-corrected chi connectivity index (χ3v) is 7.66. The number of hydrogen-bond donors (Lipinski definition) is 3. The van der Waals surface area contributed by atoms with Crippen molar-refractivity contribution in [3.8, 4) is 11.5 Å². The quantitative estimate of drug-likeness (QED) is 0.160. The van der Waals surface area contributed by atoms with Gasteiger partial charge in [0.15, 0.2) is 5.75 Å². The normalized spacial score (nSPS) is 18.1. The van der Waals surface area contributed by atoms with Gasteiger partial charge in [-0.05, 0) is 73.7 Å². The number of benzene rings is 2. The Bertz CT molecular complexity index is 1600. The maximum absolute atomic E-state index is 13.6. The average Bonchev–Trinajstić information content (AvgIpc) is 2.98. The Morgan fingerprint density at radius 2 is 1.72 bits per heavy atom. The molecule has 1 aliphatic heterocycles. The van der Waals surface area contributed by atoms with Crippen LogP contribution in [0, 0.1) is 0 Å². The highest BCUT2D eigenvalue weighted by atomic mass is 19.4. The van der Waals surface area contributed by atoms with Crippen LogP contribution in [0.2, 0.25) is 0 Å². The lowest BCUT2D eigenvalue weighted by molar-refractivity contribution is -0.143. The fourth-order valence-electron chi connectivity index (χ4n) is 5.38. The number of halogens is 6. The monoisotopic (exact) mass is 670 g/mol. The molecule has 10 nitrogen and oxygen atoms in total. The molecule has 16 heteroatoms. The molecule has 0 bridgehead atoms. The van der Waals surface area contributed by atoms with Crippen LogP contribution in [-0.4, -0.2) is 51.1 Å². The van der Waals surface area contributed by atoms with Crippen LogP contribution in [0.15, 0.2) is 42.6 Å². The van der Waals surface area contributed by atoms with Crippen molar-refractivity contribution < 1.29 is 55.6 Å². The number of aromatic nitrogens is 2. The molecule has 0 radical (unpaired) electrons. The van der Waals surface area contributed by atoms with Crippen molar-refractivity contribution in [3.05, 3.63) is 76.4 Å². The Morgan fingerprint density at radius 1 is 1.06 bits per heavy atom. The van der Waals surface area contributed by atoms with Gasteiger partial charge in [0.1, 0.15) is 17.2 Å². The number of aromatic hydroxyl groups is 1. The molecule has 0 spiro atoms. The number of fused-ring (bicyclic) bond motifs is 1. The topological polar surface area (TPSA) is 148 Å². The van der Waals surface area contributed by atoms with E-state index in [-0.39, 0.29) is 79.2 Å². The number of amides is 1. The van der Waals surface area contributed by atoms with E-state index in [9.17, 15) is 41.0 Å². The predicted octanol–water partition coefficient (Wildman–Crippen LogP) is 6.62. The van der Waals surface area contributed by atoms with Crippen molar-refractivity contribution >= 4 is 17.7 Å². The summed E-state index contributed by atoms with van der Waals surface area (Å²) in [5, 5.41) is 19.3. The van der Waals surface area contributed by atoms with Gasteiger partial charge in [-0.2, -0.15) is 26.3 Å². The van der Waals surface area contributed by atoms with E-state index in [2.05, 4.69) is 9.97 Å². The number of carbonyl (C=O) groups is 2. The van der Waals surface area contributed by atoms with Crippen molar-refractivity contribution in [1.82, 2.24) is 9.97 Å². The van der Waals surface area contributed by atoms with Gasteiger partial charge in [0.25, 0.3) is 0 Å². The number of anilines is 1. The van der Waals surface area contributed by atoms with E-state index in [1.54, 1.807) is 13.8 Å². The molecule has 2 aromatic carbocycles. The highest BCUT2D eigenvalue weighted by Gasteiger charge is 2.46. The molecule has 0 fully saturated rings. The number of carboxylic acids is 1. The van der Waals surface area contributed by atoms with Crippen LogP contribution in [0.1, 0.15) is 79.2 Å². The molecule has 1 aliphatic rings. The lowest BCUT2D eigenvalue weighted by Gasteiger charge is -2.46. The molecule has 0 aliphatic carbocycles. The molecule has 2 heterocycles. The maximum Gasteiger partial charge on any atom is 0.416 e. The molecule has 4 N–H and O–H groups in total. The van der Waals surface area contributed by atoms with Crippen molar-refractivity contribution in [2.24, 2.45) is 5.73 Å². The van der Waals surface area contributed by atoms with Gasteiger partial charge in [0.05, 0.1) is 41.9 Å². The molecule has 2 atom stereocenters. The Kier molecular flexibility index (Phi) is 10.2. The molecule has 254 valence electrons. The molecule has 1 amide bonds. The van der Waals surface area contributed by atoms with Gasteiger partial charge in [-0.15, -0.1) is 0 Å². The van der Waals surface area contributed by atoms with E-state index in [0.717, 1.165) is 0 Å². The lowest BCUT2D eigenvalue weighted by atomic mass is 9.80. The van der Waals surface area contributed by atoms with Crippen molar-refractivity contribution in [2.75, 3.05) is 18.1 Å². The zero-order valence-corrected chi connectivity index (χ0v) is 25.3. The van der Waals surface area contributed by atoms with E-state index in [0.29, 0.717) is 17.7 Å². The highest BCUT2D eigenvalue weighted by Crippen LogP contribution is 2.47. The zero-order chi connectivity index (χ0) is 34.7. The largest absolute Gasteiger partial charge is 0.508 e.